The summed E-state index contributed by atoms with van der Waals surface area (Å²) in [4.78, 5) is 0. The highest BCUT2D eigenvalue weighted by Crippen LogP contribution is 2.47. The monoisotopic (exact) mass is 327 g/mol. The summed E-state index contributed by atoms with van der Waals surface area (Å²) in [6.45, 7) is 2.09. The second-order valence-electron chi connectivity index (χ2n) is 5.35. The van der Waals surface area contributed by atoms with Crippen molar-refractivity contribution in [2.24, 2.45) is 5.73 Å². The van der Waals surface area contributed by atoms with Gasteiger partial charge in [0.25, 0.3) is 0 Å². The standard InChI is InChI=1S/C15H22BrNO2/c1-3-10-9-11(19-2)14(18)12(13(10)16)15(17)7-5-4-6-8-15/h9,18H,3-8,17H2,1-2H3. The van der Waals surface area contributed by atoms with Gasteiger partial charge in [-0.3, -0.25) is 0 Å². The van der Waals surface area contributed by atoms with Crippen LogP contribution in [0, 0.1) is 0 Å². The highest BCUT2D eigenvalue weighted by Gasteiger charge is 2.35. The third kappa shape index (κ3) is 2.61. The topological polar surface area (TPSA) is 55.5 Å². The third-order valence-corrected chi connectivity index (χ3v) is 5.03. The van der Waals surface area contributed by atoms with Crippen LogP contribution in [0.3, 0.4) is 0 Å². The summed E-state index contributed by atoms with van der Waals surface area (Å²) < 4.78 is 6.23. The van der Waals surface area contributed by atoms with E-state index in [-0.39, 0.29) is 5.75 Å². The molecule has 0 radical (unpaired) electrons. The summed E-state index contributed by atoms with van der Waals surface area (Å²) in [5.41, 5.74) is 8.09. The van der Waals surface area contributed by atoms with Crippen LogP contribution in [0.2, 0.25) is 0 Å². The van der Waals surface area contributed by atoms with Gasteiger partial charge in [-0.2, -0.15) is 0 Å². The first-order valence-corrected chi connectivity index (χ1v) is 7.70. The van der Waals surface area contributed by atoms with Gasteiger partial charge in [-0.1, -0.05) is 42.1 Å². The molecule has 2 rings (SSSR count). The number of aromatic hydroxyl groups is 1. The van der Waals surface area contributed by atoms with Gasteiger partial charge in [0.05, 0.1) is 7.11 Å². The molecule has 0 atom stereocenters. The molecule has 3 N–H and O–H groups in total. The van der Waals surface area contributed by atoms with Crippen molar-refractivity contribution in [2.75, 3.05) is 7.11 Å². The second kappa shape index (κ2) is 5.71. The van der Waals surface area contributed by atoms with Crippen LogP contribution in [0.5, 0.6) is 11.5 Å². The lowest BCUT2D eigenvalue weighted by atomic mass is 9.76. The number of phenolic OH excluding ortho intramolecular Hbond substituents is 1. The van der Waals surface area contributed by atoms with Crippen LogP contribution in [0.15, 0.2) is 10.5 Å². The summed E-state index contributed by atoms with van der Waals surface area (Å²) in [5.74, 6) is 0.710. The summed E-state index contributed by atoms with van der Waals surface area (Å²) in [6.07, 6.45) is 6.15. The van der Waals surface area contributed by atoms with Gasteiger partial charge >= 0.3 is 0 Å². The van der Waals surface area contributed by atoms with E-state index in [1.165, 1.54) is 6.42 Å². The zero-order chi connectivity index (χ0) is 14.0. The Morgan fingerprint density at radius 2 is 2.00 bits per heavy atom. The zero-order valence-corrected chi connectivity index (χ0v) is 13.2. The molecule has 0 aliphatic heterocycles. The SMILES string of the molecule is CCc1cc(OC)c(O)c(C2(N)CCCCC2)c1Br. The number of nitrogens with two attached hydrogens (primary N) is 1. The number of ether oxygens (including phenoxy) is 1. The Labute approximate surface area is 123 Å². The first-order chi connectivity index (χ1) is 9.03. The van der Waals surface area contributed by atoms with Crippen LogP contribution in [0.25, 0.3) is 0 Å². The third-order valence-electron chi connectivity index (χ3n) is 4.12. The van der Waals surface area contributed by atoms with Crippen LogP contribution < -0.4 is 10.5 Å². The number of methoxy groups -OCH3 is 1. The maximum absolute atomic E-state index is 10.5. The van der Waals surface area contributed by atoms with Crippen molar-refractivity contribution in [3.05, 3.63) is 21.7 Å². The molecule has 0 aromatic heterocycles. The van der Waals surface area contributed by atoms with Crippen molar-refractivity contribution in [3.63, 3.8) is 0 Å². The summed E-state index contributed by atoms with van der Waals surface area (Å²) in [7, 11) is 1.58. The van der Waals surface area contributed by atoms with Crippen molar-refractivity contribution in [3.8, 4) is 11.5 Å². The molecule has 0 unspecified atom stereocenters. The van der Waals surface area contributed by atoms with E-state index in [1.54, 1.807) is 7.11 Å². The fourth-order valence-corrected chi connectivity index (χ4v) is 3.96. The Kier molecular flexibility index (Phi) is 4.41. The van der Waals surface area contributed by atoms with Gasteiger partial charge in [0.2, 0.25) is 0 Å². The molecule has 0 spiro atoms. The highest BCUT2D eigenvalue weighted by molar-refractivity contribution is 9.10. The molecule has 1 aliphatic rings. The molecule has 1 aromatic rings. The van der Waals surface area contributed by atoms with Gasteiger partial charge in [0.1, 0.15) is 0 Å². The second-order valence-corrected chi connectivity index (χ2v) is 6.14. The normalized spacial score (nSPS) is 18.3. The van der Waals surface area contributed by atoms with Crippen molar-refractivity contribution >= 4 is 15.9 Å². The Bertz CT molecular complexity index is 439. The van der Waals surface area contributed by atoms with Crippen molar-refractivity contribution in [1.29, 1.82) is 0 Å². The number of phenols is 1. The molecule has 1 fully saturated rings. The quantitative estimate of drug-likeness (QED) is 0.886. The Hall–Kier alpha value is -0.740. The van der Waals surface area contributed by atoms with Crippen molar-refractivity contribution in [2.45, 2.75) is 51.0 Å². The number of hydrogen-bond donors (Lipinski definition) is 2. The Balaban J connectivity index is 2.59. The minimum absolute atomic E-state index is 0.191. The highest BCUT2D eigenvalue weighted by atomic mass is 79.9. The molecule has 1 aromatic carbocycles. The number of aryl methyl sites for hydroxylation is 1. The van der Waals surface area contributed by atoms with E-state index in [2.05, 4.69) is 22.9 Å². The summed E-state index contributed by atoms with van der Waals surface area (Å²) in [5, 5.41) is 10.5. The van der Waals surface area contributed by atoms with E-state index in [0.717, 1.165) is 47.7 Å². The van der Waals surface area contributed by atoms with E-state index in [9.17, 15) is 5.11 Å². The van der Waals surface area contributed by atoms with Gasteiger partial charge in [-0.25, -0.2) is 0 Å². The fourth-order valence-electron chi connectivity index (χ4n) is 2.98. The molecular weight excluding hydrogens is 306 g/mol. The maximum Gasteiger partial charge on any atom is 0.163 e. The van der Waals surface area contributed by atoms with E-state index in [1.807, 2.05) is 6.07 Å². The van der Waals surface area contributed by atoms with Crippen LogP contribution in [-0.2, 0) is 12.0 Å². The van der Waals surface area contributed by atoms with Crippen LogP contribution in [-0.4, -0.2) is 12.2 Å². The molecule has 1 aliphatic carbocycles. The minimum atomic E-state index is -0.445. The van der Waals surface area contributed by atoms with Crippen molar-refractivity contribution < 1.29 is 9.84 Å². The molecular formula is C15H22BrNO2. The molecule has 0 saturated heterocycles. The van der Waals surface area contributed by atoms with Gasteiger partial charge in [-0.05, 0) is 30.9 Å². The predicted molar refractivity (Wildman–Crippen MR) is 80.7 cm³/mol. The van der Waals surface area contributed by atoms with E-state index in [0.29, 0.717) is 5.75 Å². The van der Waals surface area contributed by atoms with Crippen LogP contribution >= 0.6 is 15.9 Å². The Morgan fingerprint density at radius 1 is 1.37 bits per heavy atom. The fraction of sp³-hybridized carbons (Fsp3) is 0.600. The largest absolute Gasteiger partial charge is 0.504 e. The maximum atomic E-state index is 10.5. The molecule has 0 heterocycles. The zero-order valence-electron chi connectivity index (χ0n) is 11.6. The van der Waals surface area contributed by atoms with Crippen molar-refractivity contribution in [1.82, 2.24) is 0 Å². The van der Waals surface area contributed by atoms with Crippen LogP contribution in [0.4, 0.5) is 0 Å². The summed E-state index contributed by atoms with van der Waals surface area (Å²) in [6, 6.07) is 1.88. The number of benzene rings is 1. The molecule has 3 nitrogen and oxygen atoms in total. The summed E-state index contributed by atoms with van der Waals surface area (Å²) >= 11 is 3.63. The van der Waals surface area contributed by atoms with E-state index in [4.69, 9.17) is 10.5 Å². The smallest absolute Gasteiger partial charge is 0.163 e. The molecule has 4 heteroatoms. The molecule has 0 bridgehead atoms. The number of rotatable bonds is 3. The lowest BCUT2D eigenvalue weighted by Gasteiger charge is -2.36. The average molecular weight is 328 g/mol. The molecule has 19 heavy (non-hydrogen) atoms. The van der Waals surface area contributed by atoms with Gasteiger partial charge in [0.15, 0.2) is 11.5 Å². The van der Waals surface area contributed by atoms with Gasteiger partial charge in [0, 0.05) is 15.6 Å². The molecule has 106 valence electrons. The number of halogens is 1. The minimum Gasteiger partial charge on any atom is -0.504 e. The van der Waals surface area contributed by atoms with E-state index < -0.39 is 5.54 Å². The predicted octanol–water partition coefficient (Wildman–Crippen LogP) is 3.84. The average Bonchev–Trinajstić information content (AvgIpc) is 2.40. The lowest BCUT2D eigenvalue weighted by molar-refractivity contribution is 0.285. The van der Waals surface area contributed by atoms with E-state index >= 15 is 0 Å². The first kappa shape index (κ1) is 14.7. The van der Waals surface area contributed by atoms with Crippen LogP contribution in [0.1, 0.15) is 50.2 Å². The Morgan fingerprint density at radius 3 is 2.53 bits per heavy atom. The van der Waals surface area contributed by atoms with Gasteiger partial charge in [-0.15, -0.1) is 0 Å². The molecule has 1 saturated carbocycles. The first-order valence-electron chi connectivity index (χ1n) is 6.91. The van der Waals surface area contributed by atoms with Gasteiger partial charge < -0.3 is 15.6 Å². The lowest BCUT2D eigenvalue weighted by Crippen LogP contribution is -2.39. The molecule has 0 amide bonds. The number of hydrogen-bond acceptors (Lipinski definition) is 3.